The van der Waals surface area contributed by atoms with Gasteiger partial charge in [0.15, 0.2) is 11.6 Å². The van der Waals surface area contributed by atoms with Crippen LogP contribution >= 0.6 is 24.2 Å². The van der Waals surface area contributed by atoms with E-state index < -0.39 is 5.82 Å². The SMILES string of the molecule is Fc1cc(Cl)ccc1OCCS. The first-order valence-electron chi connectivity index (χ1n) is 3.43. The lowest BCUT2D eigenvalue weighted by Crippen LogP contribution is -1.99. The molecule has 0 aromatic heterocycles. The third kappa shape index (κ3) is 2.57. The molecule has 0 heterocycles. The van der Waals surface area contributed by atoms with Crippen molar-refractivity contribution in [3.05, 3.63) is 29.0 Å². The van der Waals surface area contributed by atoms with Gasteiger partial charge in [-0.15, -0.1) is 0 Å². The standard InChI is InChI=1S/C8H8ClFOS/c9-6-1-2-8(7(10)5-6)11-3-4-12/h1-2,5,12H,3-4H2. The predicted octanol–water partition coefficient (Wildman–Crippen LogP) is 2.79. The Kier molecular flexibility index (Phi) is 3.69. The fourth-order valence-electron chi connectivity index (χ4n) is 0.748. The summed E-state index contributed by atoms with van der Waals surface area (Å²) in [4.78, 5) is 0. The van der Waals surface area contributed by atoms with Gasteiger partial charge in [0.25, 0.3) is 0 Å². The Morgan fingerprint density at radius 1 is 1.50 bits per heavy atom. The van der Waals surface area contributed by atoms with Crippen molar-refractivity contribution in [3.8, 4) is 5.75 Å². The number of halogens is 2. The molecule has 0 aliphatic heterocycles. The predicted molar refractivity (Wildman–Crippen MR) is 50.8 cm³/mol. The summed E-state index contributed by atoms with van der Waals surface area (Å²) in [6.07, 6.45) is 0. The second kappa shape index (κ2) is 4.58. The summed E-state index contributed by atoms with van der Waals surface area (Å²) in [7, 11) is 0. The summed E-state index contributed by atoms with van der Waals surface area (Å²) in [5, 5.41) is 0.366. The molecular weight excluding hydrogens is 199 g/mol. The monoisotopic (exact) mass is 206 g/mol. The van der Waals surface area contributed by atoms with Crippen molar-refractivity contribution < 1.29 is 9.13 Å². The molecule has 1 aromatic rings. The molecule has 1 aromatic carbocycles. The van der Waals surface area contributed by atoms with Gasteiger partial charge >= 0.3 is 0 Å². The summed E-state index contributed by atoms with van der Waals surface area (Å²) in [5.41, 5.74) is 0. The maximum absolute atomic E-state index is 12.9. The molecule has 0 radical (unpaired) electrons. The average molecular weight is 207 g/mol. The second-order valence-electron chi connectivity index (χ2n) is 2.15. The Labute approximate surface area is 80.9 Å². The number of hydrogen-bond acceptors (Lipinski definition) is 2. The van der Waals surface area contributed by atoms with E-state index >= 15 is 0 Å². The minimum atomic E-state index is -0.440. The molecule has 1 rings (SSSR count). The first kappa shape index (κ1) is 9.68. The van der Waals surface area contributed by atoms with Gasteiger partial charge in [0.05, 0.1) is 6.61 Å². The number of rotatable bonds is 3. The molecule has 0 atom stereocenters. The van der Waals surface area contributed by atoms with E-state index in [1.807, 2.05) is 0 Å². The van der Waals surface area contributed by atoms with E-state index in [-0.39, 0.29) is 5.75 Å². The second-order valence-corrected chi connectivity index (χ2v) is 3.03. The third-order valence-electron chi connectivity index (χ3n) is 1.24. The van der Waals surface area contributed by atoms with E-state index in [9.17, 15) is 4.39 Å². The molecule has 66 valence electrons. The molecule has 0 saturated heterocycles. The molecule has 0 N–H and O–H groups in total. The molecular formula is C8H8ClFOS. The number of ether oxygens (including phenoxy) is 1. The Morgan fingerprint density at radius 3 is 2.83 bits per heavy atom. The molecule has 0 fully saturated rings. The van der Waals surface area contributed by atoms with Gasteiger partial charge < -0.3 is 4.74 Å². The van der Waals surface area contributed by atoms with Crippen LogP contribution in [0.3, 0.4) is 0 Å². The van der Waals surface area contributed by atoms with Crippen LogP contribution in [-0.4, -0.2) is 12.4 Å². The van der Waals surface area contributed by atoms with Gasteiger partial charge in [0.2, 0.25) is 0 Å². The third-order valence-corrected chi connectivity index (χ3v) is 1.66. The first-order chi connectivity index (χ1) is 5.74. The van der Waals surface area contributed by atoms with Crippen LogP contribution in [-0.2, 0) is 0 Å². The van der Waals surface area contributed by atoms with Crippen molar-refractivity contribution in [1.82, 2.24) is 0 Å². The summed E-state index contributed by atoms with van der Waals surface area (Å²) in [6.45, 7) is 0.391. The van der Waals surface area contributed by atoms with Crippen LogP contribution in [0.4, 0.5) is 4.39 Å². The minimum absolute atomic E-state index is 0.216. The van der Waals surface area contributed by atoms with Gasteiger partial charge in [-0.25, -0.2) is 4.39 Å². The minimum Gasteiger partial charge on any atom is -0.490 e. The molecule has 12 heavy (non-hydrogen) atoms. The smallest absolute Gasteiger partial charge is 0.166 e. The van der Waals surface area contributed by atoms with E-state index in [0.29, 0.717) is 17.4 Å². The summed E-state index contributed by atoms with van der Waals surface area (Å²) in [5.74, 6) is 0.333. The molecule has 0 bridgehead atoms. The lowest BCUT2D eigenvalue weighted by molar-refractivity contribution is 0.325. The van der Waals surface area contributed by atoms with Crippen molar-refractivity contribution in [1.29, 1.82) is 0 Å². The molecule has 0 unspecified atom stereocenters. The van der Waals surface area contributed by atoms with Crippen molar-refractivity contribution in [2.75, 3.05) is 12.4 Å². The number of benzene rings is 1. The highest BCUT2D eigenvalue weighted by atomic mass is 35.5. The largest absolute Gasteiger partial charge is 0.490 e. The Morgan fingerprint density at radius 2 is 2.25 bits per heavy atom. The lowest BCUT2D eigenvalue weighted by atomic mass is 10.3. The van der Waals surface area contributed by atoms with Crippen molar-refractivity contribution in [2.24, 2.45) is 0 Å². The van der Waals surface area contributed by atoms with Gasteiger partial charge in [-0.1, -0.05) is 11.6 Å². The van der Waals surface area contributed by atoms with Crippen LogP contribution in [0.5, 0.6) is 5.75 Å². The molecule has 1 nitrogen and oxygen atoms in total. The fraction of sp³-hybridized carbons (Fsp3) is 0.250. The zero-order valence-corrected chi connectivity index (χ0v) is 7.91. The number of hydrogen-bond donors (Lipinski definition) is 1. The van der Waals surface area contributed by atoms with Crippen LogP contribution in [0.15, 0.2) is 18.2 Å². The van der Waals surface area contributed by atoms with Crippen LogP contribution in [0.2, 0.25) is 5.02 Å². The van der Waals surface area contributed by atoms with E-state index in [2.05, 4.69) is 12.6 Å². The van der Waals surface area contributed by atoms with Crippen LogP contribution in [0, 0.1) is 5.82 Å². The Hall–Kier alpha value is -0.410. The van der Waals surface area contributed by atoms with Crippen molar-refractivity contribution in [3.63, 3.8) is 0 Å². The Bertz CT molecular complexity index is 267. The summed E-state index contributed by atoms with van der Waals surface area (Å²) >= 11 is 9.47. The van der Waals surface area contributed by atoms with Gasteiger partial charge in [-0.3, -0.25) is 0 Å². The van der Waals surface area contributed by atoms with Gasteiger partial charge in [-0.05, 0) is 18.2 Å². The van der Waals surface area contributed by atoms with Crippen molar-refractivity contribution in [2.45, 2.75) is 0 Å². The van der Waals surface area contributed by atoms with Gasteiger partial charge in [-0.2, -0.15) is 12.6 Å². The maximum Gasteiger partial charge on any atom is 0.166 e. The van der Waals surface area contributed by atoms with Gasteiger partial charge in [0.1, 0.15) is 0 Å². The summed E-state index contributed by atoms with van der Waals surface area (Å²) < 4.78 is 18.0. The first-order valence-corrected chi connectivity index (χ1v) is 4.44. The van der Waals surface area contributed by atoms with Crippen LogP contribution < -0.4 is 4.74 Å². The van der Waals surface area contributed by atoms with Crippen molar-refractivity contribution >= 4 is 24.2 Å². The van der Waals surface area contributed by atoms with E-state index in [1.54, 1.807) is 6.07 Å². The zero-order valence-electron chi connectivity index (χ0n) is 6.26. The highest BCUT2D eigenvalue weighted by Crippen LogP contribution is 2.20. The van der Waals surface area contributed by atoms with E-state index in [1.165, 1.54) is 12.1 Å². The van der Waals surface area contributed by atoms with Crippen LogP contribution in [0.25, 0.3) is 0 Å². The lowest BCUT2D eigenvalue weighted by Gasteiger charge is -2.04. The molecule has 0 spiro atoms. The molecule has 0 amide bonds. The zero-order chi connectivity index (χ0) is 8.97. The molecule has 0 aliphatic rings. The molecule has 0 aliphatic carbocycles. The number of thiol groups is 1. The average Bonchev–Trinajstić information content (AvgIpc) is 2.03. The van der Waals surface area contributed by atoms with E-state index in [0.717, 1.165) is 0 Å². The topological polar surface area (TPSA) is 9.23 Å². The molecule has 0 saturated carbocycles. The van der Waals surface area contributed by atoms with E-state index in [4.69, 9.17) is 16.3 Å². The van der Waals surface area contributed by atoms with Gasteiger partial charge in [0, 0.05) is 10.8 Å². The maximum atomic E-state index is 12.9. The normalized spacial score (nSPS) is 9.92. The Balaban J connectivity index is 2.72. The quantitative estimate of drug-likeness (QED) is 0.749. The van der Waals surface area contributed by atoms with Crippen LogP contribution in [0.1, 0.15) is 0 Å². The molecule has 4 heteroatoms. The summed E-state index contributed by atoms with van der Waals surface area (Å²) in [6, 6.07) is 4.30. The highest BCUT2D eigenvalue weighted by molar-refractivity contribution is 7.80. The highest BCUT2D eigenvalue weighted by Gasteiger charge is 2.02. The fourth-order valence-corrected chi connectivity index (χ4v) is 0.998.